The molecular weight excluding hydrogens is 290 g/mol. The number of nitrogens with zero attached hydrogens (tertiary/aromatic N) is 1. The largest absolute Gasteiger partial charge is 0.302 e. The van der Waals surface area contributed by atoms with Crippen LogP contribution in [0.4, 0.5) is 0 Å². The van der Waals surface area contributed by atoms with Gasteiger partial charge in [-0.2, -0.15) is 0 Å². The predicted molar refractivity (Wildman–Crippen MR) is 108 cm³/mol. The predicted octanol–water partition coefficient (Wildman–Crippen LogP) is 6.24. The topological polar surface area (TPSA) is 3.24 Å². The van der Waals surface area contributed by atoms with Gasteiger partial charge in [0, 0.05) is 31.5 Å². The van der Waals surface area contributed by atoms with Crippen LogP contribution in [0.1, 0.15) is 88.5 Å². The van der Waals surface area contributed by atoms with Gasteiger partial charge < -0.3 is 4.90 Å². The van der Waals surface area contributed by atoms with Gasteiger partial charge in [-0.05, 0) is 48.9 Å². The van der Waals surface area contributed by atoms with E-state index in [4.69, 9.17) is 0 Å². The average Bonchev–Trinajstić information content (AvgIpc) is 2.28. The summed E-state index contributed by atoms with van der Waals surface area (Å²) < 4.78 is 0. The van der Waals surface area contributed by atoms with Crippen molar-refractivity contribution in [1.29, 1.82) is 0 Å². The molecule has 140 valence electrons. The van der Waals surface area contributed by atoms with Gasteiger partial charge in [0.25, 0.3) is 0 Å². The molecule has 0 atom stereocenters. The minimum Gasteiger partial charge on any atom is -0.302 e. The first-order valence-electron chi connectivity index (χ1n) is 9.82. The third-order valence-corrected chi connectivity index (χ3v) is 5.31. The third kappa shape index (κ3) is 8.06. The molecule has 1 heteroatoms. The maximum Gasteiger partial charge on any atom is 0.0258 e. The lowest BCUT2D eigenvalue weighted by molar-refractivity contribution is -0.00234. The molecule has 0 radical (unpaired) electrons. The highest BCUT2D eigenvalue weighted by Gasteiger charge is 2.37. The van der Waals surface area contributed by atoms with Gasteiger partial charge in [-0.1, -0.05) is 61.3 Å². The van der Waals surface area contributed by atoms with Gasteiger partial charge in [0.2, 0.25) is 0 Å². The third-order valence-electron chi connectivity index (χ3n) is 5.31. The summed E-state index contributed by atoms with van der Waals surface area (Å²) in [6.07, 6.45) is 3.43. The van der Waals surface area contributed by atoms with Crippen molar-refractivity contribution >= 4 is 0 Å². The lowest BCUT2D eigenvalue weighted by Gasteiger charge is -2.49. The van der Waals surface area contributed by atoms with Gasteiger partial charge in [-0.25, -0.2) is 0 Å². The normalized spacial score (nSPS) is 18.1. The fourth-order valence-corrected chi connectivity index (χ4v) is 3.19. The lowest BCUT2D eigenvalue weighted by Crippen LogP contribution is -2.54. The minimum atomic E-state index is 0.130. The molecule has 0 N–H and O–H groups in total. The zero-order chi connectivity index (χ0) is 18.8. The van der Waals surface area contributed by atoms with E-state index in [9.17, 15) is 0 Å². The summed E-state index contributed by atoms with van der Waals surface area (Å²) in [6, 6.07) is 0. The summed E-state index contributed by atoms with van der Waals surface area (Å²) in [5, 5.41) is 0. The molecule has 0 spiro atoms. The minimum absolute atomic E-state index is 0.130. The highest BCUT2D eigenvalue weighted by molar-refractivity contribution is 5.10. The van der Waals surface area contributed by atoms with E-state index in [2.05, 4.69) is 86.0 Å². The molecule has 1 saturated heterocycles. The Bertz CT molecular complexity index is 453. The Morgan fingerprint density at radius 2 is 1.38 bits per heavy atom. The molecule has 0 aromatic carbocycles. The SMILES string of the molecule is CC(C)(C)CC#CC(C)(C)CCC(C)(C)CN1CC(C(C)(C)C)C1. The lowest BCUT2D eigenvalue weighted by atomic mass is 9.74. The van der Waals surface area contributed by atoms with Crippen molar-refractivity contribution in [2.24, 2.45) is 27.6 Å². The summed E-state index contributed by atoms with van der Waals surface area (Å²) in [7, 11) is 0. The van der Waals surface area contributed by atoms with Gasteiger partial charge in [0.1, 0.15) is 0 Å². The number of likely N-dealkylation sites (tertiary alicyclic amines) is 1. The highest BCUT2D eigenvalue weighted by Crippen LogP contribution is 2.37. The monoisotopic (exact) mass is 333 g/mol. The molecule has 0 aliphatic carbocycles. The van der Waals surface area contributed by atoms with E-state index in [0.29, 0.717) is 16.2 Å². The van der Waals surface area contributed by atoms with E-state index in [1.165, 1.54) is 32.5 Å². The Morgan fingerprint density at radius 3 is 1.83 bits per heavy atom. The first kappa shape index (κ1) is 21.6. The van der Waals surface area contributed by atoms with Crippen LogP contribution in [0.5, 0.6) is 0 Å². The first-order chi connectivity index (χ1) is 10.6. The standard InChI is InChI=1S/C23H43N/c1-20(2,3)12-11-13-22(7,8)14-15-23(9,10)18-24-16-19(17-24)21(4,5)6/h19H,12,14-18H2,1-10H3. The number of hydrogen-bond acceptors (Lipinski definition) is 1. The molecule has 0 aromatic rings. The molecule has 1 aliphatic rings. The summed E-state index contributed by atoms with van der Waals surface area (Å²) in [5.41, 5.74) is 1.28. The van der Waals surface area contributed by atoms with Crippen molar-refractivity contribution in [3.05, 3.63) is 0 Å². The summed E-state index contributed by atoms with van der Waals surface area (Å²) in [4.78, 5) is 2.65. The Morgan fingerprint density at radius 1 is 0.833 bits per heavy atom. The van der Waals surface area contributed by atoms with Crippen LogP contribution in [0, 0.1) is 39.4 Å². The van der Waals surface area contributed by atoms with Crippen LogP contribution in [0.15, 0.2) is 0 Å². The first-order valence-corrected chi connectivity index (χ1v) is 9.82. The summed E-state index contributed by atoms with van der Waals surface area (Å²) >= 11 is 0. The van der Waals surface area contributed by atoms with Crippen LogP contribution in [0.3, 0.4) is 0 Å². The van der Waals surface area contributed by atoms with Gasteiger partial charge in [-0.3, -0.25) is 0 Å². The van der Waals surface area contributed by atoms with Gasteiger partial charge in [0.05, 0.1) is 0 Å². The molecule has 0 unspecified atom stereocenters. The molecule has 1 heterocycles. The molecular formula is C23H43N. The average molecular weight is 334 g/mol. The number of hydrogen-bond donors (Lipinski definition) is 0. The molecule has 1 nitrogen and oxygen atoms in total. The molecule has 1 fully saturated rings. The van der Waals surface area contributed by atoms with E-state index in [1.807, 2.05) is 0 Å². The Labute approximate surface area is 153 Å². The fraction of sp³-hybridized carbons (Fsp3) is 0.913. The second-order valence-electron chi connectivity index (χ2n) is 11.8. The smallest absolute Gasteiger partial charge is 0.0258 e. The molecule has 1 aliphatic heterocycles. The van der Waals surface area contributed by atoms with Crippen LogP contribution < -0.4 is 0 Å². The van der Waals surface area contributed by atoms with Crippen molar-refractivity contribution in [1.82, 2.24) is 4.90 Å². The molecule has 0 saturated carbocycles. The molecule has 0 amide bonds. The Kier molecular flexibility index (Phi) is 6.66. The molecule has 0 aromatic heterocycles. The highest BCUT2D eigenvalue weighted by atomic mass is 15.2. The number of rotatable bonds is 5. The van der Waals surface area contributed by atoms with Crippen molar-refractivity contribution in [3.8, 4) is 11.8 Å². The van der Waals surface area contributed by atoms with Gasteiger partial charge >= 0.3 is 0 Å². The molecule has 24 heavy (non-hydrogen) atoms. The van der Waals surface area contributed by atoms with Gasteiger partial charge in [-0.15, -0.1) is 5.92 Å². The van der Waals surface area contributed by atoms with E-state index < -0.39 is 0 Å². The van der Waals surface area contributed by atoms with E-state index >= 15 is 0 Å². The van der Waals surface area contributed by atoms with Crippen LogP contribution >= 0.6 is 0 Å². The van der Waals surface area contributed by atoms with Crippen LogP contribution in [-0.2, 0) is 0 Å². The fourth-order valence-electron chi connectivity index (χ4n) is 3.19. The van der Waals surface area contributed by atoms with Crippen molar-refractivity contribution in [2.75, 3.05) is 19.6 Å². The van der Waals surface area contributed by atoms with Gasteiger partial charge in [0.15, 0.2) is 0 Å². The Hall–Kier alpha value is -0.480. The Balaban J connectivity index is 2.42. The van der Waals surface area contributed by atoms with Crippen LogP contribution in [-0.4, -0.2) is 24.5 Å². The zero-order valence-electron chi connectivity index (χ0n) is 18.3. The maximum absolute atomic E-state index is 3.53. The molecule has 1 rings (SSSR count). The van der Waals surface area contributed by atoms with E-state index in [0.717, 1.165) is 12.3 Å². The second kappa shape index (κ2) is 7.41. The van der Waals surface area contributed by atoms with Crippen LogP contribution in [0.2, 0.25) is 0 Å². The van der Waals surface area contributed by atoms with Crippen molar-refractivity contribution < 1.29 is 0 Å². The zero-order valence-corrected chi connectivity index (χ0v) is 18.3. The summed E-state index contributed by atoms with van der Waals surface area (Å²) in [6.45, 7) is 27.1. The van der Waals surface area contributed by atoms with E-state index in [-0.39, 0.29) is 5.41 Å². The van der Waals surface area contributed by atoms with Crippen molar-refractivity contribution in [3.63, 3.8) is 0 Å². The summed E-state index contributed by atoms with van der Waals surface area (Å²) in [5.74, 6) is 7.83. The molecule has 0 bridgehead atoms. The van der Waals surface area contributed by atoms with E-state index in [1.54, 1.807) is 0 Å². The van der Waals surface area contributed by atoms with Crippen LogP contribution in [0.25, 0.3) is 0 Å². The maximum atomic E-state index is 3.53. The van der Waals surface area contributed by atoms with Crippen molar-refractivity contribution in [2.45, 2.75) is 88.5 Å². The second-order valence-corrected chi connectivity index (χ2v) is 11.8. The quantitative estimate of drug-likeness (QED) is 0.538.